The van der Waals surface area contributed by atoms with Crippen LogP contribution in [0, 0.1) is 13.8 Å². The zero-order chi connectivity index (χ0) is 20.7. The number of fused-ring (bicyclic) bond motifs is 2. The van der Waals surface area contributed by atoms with Crippen LogP contribution in [0.3, 0.4) is 0 Å². The van der Waals surface area contributed by atoms with Crippen LogP contribution in [0.25, 0.3) is 10.2 Å². The first-order chi connectivity index (χ1) is 13.9. The van der Waals surface area contributed by atoms with Crippen molar-refractivity contribution >= 4 is 45.1 Å². The quantitative estimate of drug-likeness (QED) is 0.261. The van der Waals surface area contributed by atoms with Crippen molar-refractivity contribution in [3.63, 3.8) is 0 Å². The fraction of sp³-hybridized carbons (Fsp3) is 0.238. The molecule has 0 bridgehead atoms. The van der Waals surface area contributed by atoms with Gasteiger partial charge in [-0.3, -0.25) is 23.9 Å². The number of amides is 2. The number of nitrogens with zero attached hydrogens (tertiary/aromatic N) is 3. The number of allylic oxidation sites excluding steroid dienone is 1. The molecule has 0 unspecified atom stereocenters. The third-order valence-electron chi connectivity index (χ3n) is 4.99. The maximum Gasteiger partial charge on any atom is 0.263 e. The molecule has 4 rings (SSSR count). The van der Waals surface area contributed by atoms with Crippen LogP contribution in [0.1, 0.15) is 31.2 Å². The average Bonchev–Trinajstić information content (AvgIpc) is 3.13. The molecule has 0 fully saturated rings. The van der Waals surface area contributed by atoms with Crippen molar-refractivity contribution in [2.75, 3.05) is 12.3 Å². The largest absolute Gasteiger partial charge is 0.283 e. The molecule has 0 saturated heterocycles. The molecule has 0 spiro atoms. The first-order valence-corrected chi connectivity index (χ1v) is 10.9. The Morgan fingerprint density at radius 1 is 1.14 bits per heavy atom. The van der Waals surface area contributed by atoms with Crippen LogP contribution in [-0.4, -0.2) is 38.6 Å². The lowest BCUT2D eigenvalue weighted by atomic mass is 10.1. The van der Waals surface area contributed by atoms with E-state index in [1.54, 1.807) is 34.9 Å². The third-order valence-corrected chi connectivity index (χ3v) is 7.05. The zero-order valence-electron chi connectivity index (χ0n) is 16.1. The highest BCUT2D eigenvalue weighted by molar-refractivity contribution is 7.99. The van der Waals surface area contributed by atoms with Crippen LogP contribution >= 0.6 is 23.1 Å². The minimum absolute atomic E-state index is 0.0834. The van der Waals surface area contributed by atoms with Crippen LogP contribution < -0.4 is 5.56 Å². The Morgan fingerprint density at radius 3 is 2.41 bits per heavy atom. The molecule has 29 heavy (non-hydrogen) atoms. The molecule has 2 amide bonds. The lowest BCUT2D eigenvalue weighted by Gasteiger charge is -2.14. The van der Waals surface area contributed by atoms with Crippen molar-refractivity contribution in [2.45, 2.75) is 25.5 Å². The highest BCUT2D eigenvalue weighted by Gasteiger charge is 2.34. The van der Waals surface area contributed by atoms with Crippen molar-refractivity contribution in [2.24, 2.45) is 0 Å². The number of hydrogen-bond donors (Lipinski definition) is 0. The molecule has 0 aliphatic carbocycles. The Morgan fingerprint density at radius 2 is 1.79 bits per heavy atom. The van der Waals surface area contributed by atoms with E-state index in [0.717, 1.165) is 10.4 Å². The van der Waals surface area contributed by atoms with Gasteiger partial charge < -0.3 is 0 Å². The van der Waals surface area contributed by atoms with Gasteiger partial charge in [0, 0.05) is 23.7 Å². The Bertz CT molecular complexity index is 1190. The number of carbonyl (C=O) groups excluding carboxylic acids is 2. The summed E-state index contributed by atoms with van der Waals surface area (Å²) < 4.78 is 1.60. The molecular weight excluding hydrogens is 406 g/mol. The molecule has 6 nitrogen and oxygen atoms in total. The Balaban J connectivity index is 1.58. The van der Waals surface area contributed by atoms with Gasteiger partial charge in [0.05, 0.1) is 16.5 Å². The SMILES string of the molecule is C=CCn1c(SCCN2C(=O)c3ccccc3C2=O)nc2sc(C)c(C)c2c1=O. The van der Waals surface area contributed by atoms with E-state index in [9.17, 15) is 14.4 Å². The third kappa shape index (κ3) is 3.22. The molecule has 0 N–H and O–H groups in total. The van der Waals surface area contributed by atoms with Gasteiger partial charge in [0.1, 0.15) is 4.83 Å². The first kappa shape index (κ1) is 19.6. The summed E-state index contributed by atoms with van der Waals surface area (Å²) in [5.41, 5.74) is 1.76. The summed E-state index contributed by atoms with van der Waals surface area (Å²) in [6, 6.07) is 6.84. The molecule has 0 radical (unpaired) electrons. The van der Waals surface area contributed by atoms with Gasteiger partial charge >= 0.3 is 0 Å². The zero-order valence-corrected chi connectivity index (χ0v) is 17.7. The summed E-state index contributed by atoms with van der Waals surface area (Å²) in [5.74, 6) is -0.102. The van der Waals surface area contributed by atoms with E-state index in [1.165, 1.54) is 28.0 Å². The van der Waals surface area contributed by atoms with E-state index in [1.807, 2.05) is 13.8 Å². The van der Waals surface area contributed by atoms with Gasteiger partial charge in [-0.2, -0.15) is 0 Å². The second kappa shape index (κ2) is 7.61. The second-order valence-electron chi connectivity index (χ2n) is 6.72. The number of thioether (sulfide) groups is 1. The Kier molecular flexibility index (Phi) is 5.14. The molecule has 0 saturated carbocycles. The van der Waals surface area contributed by atoms with Crippen molar-refractivity contribution in [3.05, 3.63) is 68.8 Å². The molecule has 3 heterocycles. The summed E-state index contributed by atoms with van der Waals surface area (Å²) >= 11 is 2.87. The van der Waals surface area contributed by atoms with Gasteiger partial charge in [0.15, 0.2) is 5.16 Å². The number of aromatic nitrogens is 2. The molecule has 2 aromatic heterocycles. The maximum atomic E-state index is 13.0. The number of aryl methyl sites for hydroxylation is 2. The highest BCUT2D eigenvalue weighted by Crippen LogP contribution is 2.29. The van der Waals surface area contributed by atoms with Crippen molar-refractivity contribution in [1.29, 1.82) is 0 Å². The van der Waals surface area contributed by atoms with E-state index in [-0.39, 0.29) is 23.9 Å². The second-order valence-corrected chi connectivity index (χ2v) is 8.98. The normalized spacial score (nSPS) is 13.4. The van der Waals surface area contributed by atoms with Crippen LogP contribution in [0.5, 0.6) is 0 Å². The summed E-state index contributed by atoms with van der Waals surface area (Å²) in [7, 11) is 0. The van der Waals surface area contributed by atoms with Crippen LogP contribution in [0.15, 0.2) is 46.9 Å². The van der Waals surface area contributed by atoms with Crippen molar-refractivity contribution < 1.29 is 9.59 Å². The van der Waals surface area contributed by atoms with E-state index < -0.39 is 0 Å². The number of carbonyl (C=O) groups is 2. The van der Waals surface area contributed by atoms with Gasteiger partial charge in [-0.05, 0) is 31.5 Å². The smallest absolute Gasteiger partial charge is 0.263 e. The van der Waals surface area contributed by atoms with Gasteiger partial charge in [-0.25, -0.2) is 4.98 Å². The minimum Gasteiger partial charge on any atom is -0.283 e. The fourth-order valence-corrected chi connectivity index (χ4v) is 5.38. The topological polar surface area (TPSA) is 72.3 Å². The van der Waals surface area contributed by atoms with E-state index in [0.29, 0.717) is 38.8 Å². The molecule has 3 aromatic rings. The number of hydrogen-bond acceptors (Lipinski definition) is 6. The van der Waals surface area contributed by atoms with Gasteiger partial charge in [0.2, 0.25) is 0 Å². The lowest BCUT2D eigenvalue weighted by molar-refractivity contribution is 0.0664. The number of rotatable bonds is 6. The molecule has 8 heteroatoms. The summed E-state index contributed by atoms with van der Waals surface area (Å²) in [5, 5.41) is 1.22. The van der Waals surface area contributed by atoms with Crippen LogP contribution in [0.2, 0.25) is 0 Å². The first-order valence-electron chi connectivity index (χ1n) is 9.13. The predicted octanol–water partition coefficient (Wildman–Crippen LogP) is 3.65. The number of imide groups is 1. The lowest BCUT2D eigenvalue weighted by Crippen LogP contribution is -2.32. The summed E-state index contributed by atoms with van der Waals surface area (Å²) in [4.78, 5) is 45.7. The highest BCUT2D eigenvalue weighted by atomic mass is 32.2. The van der Waals surface area contributed by atoms with Gasteiger partial charge in [-0.15, -0.1) is 17.9 Å². The van der Waals surface area contributed by atoms with Crippen LogP contribution in [-0.2, 0) is 6.54 Å². The van der Waals surface area contributed by atoms with Crippen molar-refractivity contribution in [3.8, 4) is 0 Å². The fourth-order valence-electron chi connectivity index (χ4n) is 3.38. The van der Waals surface area contributed by atoms with E-state index in [4.69, 9.17) is 0 Å². The summed E-state index contributed by atoms with van der Waals surface area (Å²) in [6.45, 7) is 8.26. The molecule has 148 valence electrons. The van der Waals surface area contributed by atoms with Crippen molar-refractivity contribution in [1.82, 2.24) is 14.5 Å². The Labute approximate surface area is 175 Å². The van der Waals surface area contributed by atoms with E-state index in [2.05, 4.69) is 11.6 Å². The monoisotopic (exact) mass is 425 g/mol. The molecule has 1 aromatic carbocycles. The predicted molar refractivity (Wildman–Crippen MR) is 116 cm³/mol. The van der Waals surface area contributed by atoms with Gasteiger partial charge in [0.25, 0.3) is 17.4 Å². The number of thiophene rings is 1. The van der Waals surface area contributed by atoms with E-state index >= 15 is 0 Å². The molecular formula is C21H19N3O3S2. The molecule has 1 aliphatic heterocycles. The Hall–Kier alpha value is -2.71. The average molecular weight is 426 g/mol. The number of benzene rings is 1. The molecule has 1 aliphatic rings. The molecule has 0 atom stereocenters. The summed E-state index contributed by atoms with van der Waals surface area (Å²) in [6.07, 6.45) is 1.66. The van der Waals surface area contributed by atoms with Crippen LogP contribution in [0.4, 0.5) is 0 Å². The standard InChI is InChI=1S/C21H19N3O3S2/c1-4-9-24-20(27)16-12(2)13(3)29-17(16)22-21(24)28-11-10-23-18(25)14-7-5-6-8-15(14)19(23)26/h4-8H,1,9-11H2,2-3H3. The maximum absolute atomic E-state index is 13.0. The minimum atomic E-state index is -0.275. The van der Waals surface area contributed by atoms with Gasteiger partial charge in [-0.1, -0.05) is 30.0 Å².